The number of amides is 1. The third-order valence-corrected chi connectivity index (χ3v) is 6.05. The van der Waals surface area contributed by atoms with Crippen molar-refractivity contribution in [2.75, 3.05) is 17.7 Å². The van der Waals surface area contributed by atoms with Gasteiger partial charge in [0.15, 0.2) is 11.5 Å². The number of hydrogen-bond donors (Lipinski definition) is 2. The van der Waals surface area contributed by atoms with E-state index in [0.29, 0.717) is 35.7 Å². The van der Waals surface area contributed by atoms with Crippen molar-refractivity contribution in [3.05, 3.63) is 59.6 Å². The summed E-state index contributed by atoms with van der Waals surface area (Å²) in [7, 11) is 1.32. The van der Waals surface area contributed by atoms with E-state index < -0.39 is 11.9 Å². The number of esters is 1. The highest BCUT2D eigenvalue weighted by Crippen LogP contribution is 2.33. The van der Waals surface area contributed by atoms with Crippen molar-refractivity contribution in [2.24, 2.45) is 5.92 Å². The molecule has 0 bridgehead atoms. The monoisotopic (exact) mass is 492 g/mol. The molecule has 0 radical (unpaired) electrons. The zero-order valence-electron chi connectivity index (χ0n) is 21.3. The van der Waals surface area contributed by atoms with Gasteiger partial charge in [0, 0.05) is 36.8 Å². The fraction of sp³-hybridized carbons (Fsp3) is 0.385. The van der Waals surface area contributed by atoms with Crippen molar-refractivity contribution in [1.82, 2.24) is 19.3 Å². The van der Waals surface area contributed by atoms with Gasteiger partial charge in [-0.15, -0.1) is 0 Å². The third kappa shape index (κ3) is 5.12. The Morgan fingerprint density at radius 1 is 1.28 bits per heavy atom. The quantitative estimate of drug-likeness (QED) is 0.304. The minimum atomic E-state index is -0.552. The maximum atomic E-state index is 12.9. The van der Waals surface area contributed by atoms with Gasteiger partial charge in [-0.2, -0.15) is 5.10 Å². The average molecular weight is 493 g/mol. The topological polar surface area (TPSA) is 116 Å². The number of anilines is 2. The number of carbonyl (C=O) groups is 2. The number of aryl methyl sites for hydroxylation is 3. The lowest BCUT2D eigenvalue weighted by Gasteiger charge is -2.12. The number of carbonyl (C=O) groups excluding carboxylic acids is 2. The van der Waals surface area contributed by atoms with E-state index in [0.717, 1.165) is 29.9 Å². The molecular formula is C26H32N6O4. The molecule has 0 fully saturated rings. The first kappa shape index (κ1) is 25.0. The number of hydrogen-bond acceptors (Lipinski definition) is 7. The maximum absolute atomic E-state index is 12.9. The van der Waals surface area contributed by atoms with Crippen LogP contribution in [0.4, 0.5) is 11.4 Å². The number of rotatable bonds is 10. The molecule has 0 unspecified atom stereocenters. The average Bonchev–Trinajstić information content (AvgIpc) is 3.59. The smallest absolute Gasteiger partial charge is 0.356 e. The summed E-state index contributed by atoms with van der Waals surface area (Å²) in [5.41, 5.74) is 3.96. The van der Waals surface area contributed by atoms with E-state index in [4.69, 9.17) is 9.15 Å². The Morgan fingerprint density at radius 2 is 2.08 bits per heavy atom. The number of furan rings is 1. The molecule has 4 aromatic rings. The second-order valence-corrected chi connectivity index (χ2v) is 9.02. The predicted octanol–water partition coefficient (Wildman–Crippen LogP) is 4.85. The Hall–Kier alpha value is -4.08. The molecule has 0 aromatic carbocycles. The Morgan fingerprint density at radius 3 is 2.72 bits per heavy atom. The lowest BCUT2D eigenvalue weighted by Crippen LogP contribution is -2.17. The Kier molecular flexibility index (Phi) is 7.42. The first-order valence-corrected chi connectivity index (χ1v) is 12.0. The first-order chi connectivity index (χ1) is 17.3. The zero-order chi connectivity index (χ0) is 25.8. The van der Waals surface area contributed by atoms with Crippen LogP contribution in [0.25, 0.3) is 11.0 Å². The number of aromatic nitrogens is 4. The van der Waals surface area contributed by atoms with Crippen LogP contribution in [0.2, 0.25) is 0 Å². The summed E-state index contributed by atoms with van der Waals surface area (Å²) in [6.07, 6.45) is 5.99. The SMILES string of the molecule is CCn1cc(CNc2cnc3c(c2)c(NC(=O)c2ccco2)c(C(=O)OC)n3CCC(C)C)c(C)n1. The number of pyridine rings is 1. The molecule has 10 nitrogen and oxygen atoms in total. The van der Waals surface area contributed by atoms with Gasteiger partial charge in [0.05, 0.1) is 36.6 Å². The normalized spacial score (nSPS) is 11.3. The van der Waals surface area contributed by atoms with Crippen molar-refractivity contribution >= 4 is 34.3 Å². The van der Waals surface area contributed by atoms with Crippen LogP contribution < -0.4 is 10.6 Å². The fourth-order valence-electron chi connectivity index (χ4n) is 4.04. The molecule has 0 spiro atoms. The van der Waals surface area contributed by atoms with Gasteiger partial charge >= 0.3 is 5.97 Å². The molecular weight excluding hydrogens is 460 g/mol. The molecule has 4 rings (SSSR count). The van der Waals surface area contributed by atoms with E-state index in [1.54, 1.807) is 18.3 Å². The lowest BCUT2D eigenvalue weighted by molar-refractivity contribution is 0.0589. The van der Waals surface area contributed by atoms with Crippen molar-refractivity contribution in [3.63, 3.8) is 0 Å². The van der Waals surface area contributed by atoms with Crippen molar-refractivity contribution in [2.45, 2.75) is 53.8 Å². The molecule has 4 heterocycles. The van der Waals surface area contributed by atoms with E-state index in [1.165, 1.54) is 13.4 Å². The summed E-state index contributed by atoms with van der Waals surface area (Å²) in [4.78, 5) is 30.5. The fourth-order valence-corrected chi connectivity index (χ4v) is 4.04. The van der Waals surface area contributed by atoms with E-state index in [-0.39, 0.29) is 11.5 Å². The summed E-state index contributed by atoms with van der Waals surface area (Å²) >= 11 is 0. The molecule has 2 N–H and O–H groups in total. The van der Waals surface area contributed by atoms with Crippen LogP contribution in [0.1, 0.15) is 59.5 Å². The Bertz CT molecular complexity index is 1370. The summed E-state index contributed by atoms with van der Waals surface area (Å²) in [5.74, 6) is -0.473. The zero-order valence-corrected chi connectivity index (χ0v) is 21.3. The highest BCUT2D eigenvalue weighted by Gasteiger charge is 2.27. The minimum absolute atomic E-state index is 0.138. The highest BCUT2D eigenvalue weighted by molar-refractivity contribution is 6.14. The van der Waals surface area contributed by atoms with Gasteiger partial charge in [-0.25, -0.2) is 9.78 Å². The van der Waals surface area contributed by atoms with Crippen LogP contribution in [0.5, 0.6) is 0 Å². The maximum Gasteiger partial charge on any atom is 0.356 e. The van der Waals surface area contributed by atoms with Gasteiger partial charge in [0.1, 0.15) is 5.65 Å². The van der Waals surface area contributed by atoms with Crippen LogP contribution in [-0.4, -0.2) is 38.3 Å². The second-order valence-electron chi connectivity index (χ2n) is 9.02. The van der Waals surface area contributed by atoms with Crippen molar-refractivity contribution in [3.8, 4) is 0 Å². The summed E-state index contributed by atoms with van der Waals surface area (Å²) in [6, 6.07) is 5.08. The number of fused-ring (bicyclic) bond motifs is 1. The van der Waals surface area contributed by atoms with Crippen LogP contribution in [0.15, 0.2) is 41.3 Å². The molecule has 1 amide bonds. The molecule has 4 aromatic heterocycles. The molecule has 0 saturated heterocycles. The van der Waals surface area contributed by atoms with E-state index in [9.17, 15) is 9.59 Å². The standard InChI is InChI=1S/C26H32N6O4/c1-6-31-15-18(17(4)30-31)13-27-19-12-20-22(29-25(33)21-8-7-11-36-21)23(26(34)35-5)32(10-9-16(2)3)24(20)28-14-19/h7-8,11-12,14-16,27H,6,9-10,13H2,1-5H3,(H,29,33). The van der Waals surface area contributed by atoms with Gasteiger partial charge in [-0.05, 0) is 44.4 Å². The second kappa shape index (κ2) is 10.7. The molecule has 10 heteroatoms. The number of methoxy groups -OCH3 is 1. The van der Waals surface area contributed by atoms with Gasteiger partial charge in [-0.3, -0.25) is 9.48 Å². The lowest BCUT2D eigenvalue weighted by atomic mass is 10.1. The summed E-state index contributed by atoms with van der Waals surface area (Å²) in [5, 5.41) is 11.4. The predicted molar refractivity (Wildman–Crippen MR) is 137 cm³/mol. The molecule has 0 aliphatic rings. The minimum Gasteiger partial charge on any atom is -0.464 e. The van der Waals surface area contributed by atoms with E-state index in [2.05, 4.69) is 34.6 Å². The molecule has 0 saturated carbocycles. The van der Waals surface area contributed by atoms with Crippen LogP contribution in [0.3, 0.4) is 0 Å². The number of nitrogens with zero attached hydrogens (tertiary/aromatic N) is 4. The molecule has 190 valence electrons. The van der Waals surface area contributed by atoms with Crippen molar-refractivity contribution in [1.29, 1.82) is 0 Å². The van der Waals surface area contributed by atoms with Crippen LogP contribution in [0, 0.1) is 12.8 Å². The van der Waals surface area contributed by atoms with Crippen LogP contribution >= 0.6 is 0 Å². The van der Waals surface area contributed by atoms with Gasteiger partial charge < -0.3 is 24.4 Å². The first-order valence-electron chi connectivity index (χ1n) is 12.0. The largest absolute Gasteiger partial charge is 0.464 e. The van der Waals surface area contributed by atoms with Crippen molar-refractivity contribution < 1.29 is 18.7 Å². The molecule has 0 aliphatic carbocycles. The van der Waals surface area contributed by atoms with Gasteiger partial charge in [-0.1, -0.05) is 13.8 Å². The van der Waals surface area contributed by atoms with E-state index in [1.807, 2.05) is 35.4 Å². The molecule has 0 aliphatic heterocycles. The van der Waals surface area contributed by atoms with Gasteiger partial charge in [0.25, 0.3) is 5.91 Å². The van der Waals surface area contributed by atoms with Crippen LogP contribution in [-0.2, 0) is 24.4 Å². The molecule has 0 atom stereocenters. The summed E-state index contributed by atoms with van der Waals surface area (Å²) < 4.78 is 14.1. The van der Waals surface area contributed by atoms with E-state index >= 15 is 0 Å². The third-order valence-electron chi connectivity index (χ3n) is 6.05. The Labute approximate surface area is 209 Å². The highest BCUT2D eigenvalue weighted by atomic mass is 16.5. The number of nitrogens with one attached hydrogen (secondary N) is 2. The molecule has 36 heavy (non-hydrogen) atoms. The van der Waals surface area contributed by atoms with Gasteiger partial charge in [0.2, 0.25) is 0 Å². The number of ether oxygens (including phenoxy) is 1. The summed E-state index contributed by atoms with van der Waals surface area (Å²) in [6.45, 7) is 10.2. The Balaban J connectivity index is 1.76.